The summed E-state index contributed by atoms with van der Waals surface area (Å²) in [5.41, 5.74) is 2.67. The molecule has 0 aliphatic carbocycles. The van der Waals surface area contributed by atoms with E-state index >= 15 is 0 Å². The van der Waals surface area contributed by atoms with Gasteiger partial charge in [-0.05, 0) is 59.7 Å². The average molecular weight is 588 g/mol. The second-order valence-corrected chi connectivity index (χ2v) is 10.8. The molecular formula is C26H26BrN3O6S. The number of benzene rings is 3. The van der Waals surface area contributed by atoms with E-state index in [9.17, 15) is 13.2 Å². The van der Waals surface area contributed by atoms with Crippen LogP contribution in [0.2, 0.25) is 0 Å². The molecule has 11 heteroatoms. The molecule has 0 radical (unpaired) electrons. The number of aliphatic hydroxyl groups is 1. The second kappa shape index (κ2) is 11.4. The molecule has 3 aromatic carbocycles. The maximum Gasteiger partial charge on any atom is 0.274 e. The first-order chi connectivity index (χ1) is 17.7. The number of amides is 1. The summed E-state index contributed by atoms with van der Waals surface area (Å²) in [6.07, 6.45) is 0.945. The molecular weight excluding hydrogens is 562 g/mol. The molecule has 1 amide bonds. The van der Waals surface area contributed by atoms with Crippen LogP contribution in [-0.2, 0) is 10.0 Å². The Labute approximate surface area is 223 Å². The molecule has 9 nitrogen and oxygen atoms in total. The lowest BCUT2D eigenvalue weighted by molar-refractivity contribution is 0.0711. The van der Waals surface area contributed by atoms with Crippen molar-refractivity contribution in [3.8, 4) is 11.5 Å². The predicted molar refractivity (Wildman–Crippen MR) is 142 cm³/mol. The Hall–Kier alpha value is -3.25. The fourth-order valence-corrected chi connectivity index (χ4v) is 4.73. The minimum atomic E-state index is -3.88. The number of hydrazone groups is 1. The smallest absolute Gasteiger partial charge is 0.274 e. The van der Waals surface area contributed by atoms with Crippen LogP contribution >= 0.6 is 15.9 Å². The number of aliphatic hydroxyl groups excluding tert-OH is 1. The van der Waals surface area contributed by atoms with E-state index in [1.54, 1.807) is 6.07 Å². The van der Waals surface area contributed by atoms with E-state index in [2.05, 4.69) is 21.0 Å². The zero-order valence-electron chi connectivity index (χ0n) is 20.0. The molecule has 1 heterocycles. The van der Waals surface area contributed by atoms with Gasteiger partial charge in [-0.2, -0.15) is 5.10 Å². The van der Waals surface area contributed by atoms with Crippen molar-refractivity contribution in [2.24, 2.45) is 10.2 Å². The van der Waals surface area contributed by atoms with Gasteiger partial charge in [-0.15, -0.1) is 0 Å². The molecule has 0 aromatic heterocycles. The van der Waals surface area contributed by atoms with Crippen molar-refractivity contribution in [2.75, 3.05) is 20.3 Å². The Kier molecular flexibility index (Phi) is 8.28. The first kappa shape index (κ1) is 26.8. The molecule has 194 valence electrons. The molecule has 3 aromatic rings. The Balaban J connectivity index is 1.69. The van der Waals surface area contributed by atoms with Crippen LogP contribution in [0.15, 0.2) is 81.2 Å². The van der Waals surface area contributed by atoms with Crippen molar-refractivity contribution in [3.63, 3.8) is 0 Å². The minimum absolute atomic E-state index is 0.0217. The van der Waals surface area contributed by atoms with Gasteiger partial charge in [0, 0.05) is 29.5 Å². The number of methoxy groups -OCH3 is 1. The zero-order valence-corrected chi connectivity index (χ0v) is 22.4. The number of ether oxygens (including phenoxy) is 2. The number of carbonyl (C=O) groups excluding carboxylic acids is 1. The van der Waals surface area contributed by atoms with E-state index in [1.807, 2.05) is 36.4 Å². The summed E-state index contributed by atoms with van der Waals surface area (Å²) >= 11 is 3.44. The van der Waals surface area contributed by atoms with Crippen LogP contribution in [-0.4, -0.2) is 50.5 Å². The van der Waals surface area contributed by atoms with Crippen LogP contribution < -0.4 is 14.6 Å². The molecule has 4 rings (SSSR count). The lowest BCUT2D eigenvalue weighted by Crippen LogP contribution is -2.27. The van der Waals surface area contributed by atoms with Crippen molar-refractivity contribution in [2.45, 2.75) is 23.8 Å². The number of nitrogens with two attached hydrogens (primary N) is 1. The molecule has 1 unspecified atom stereocenters. The maximum absolute atomic E-state index is 13.6. The molecule has 0 bridgehead atoms. The van der Waals surface area contributed by atoms with E-state index in [4.69, 9.17) is 19.7 Å². The quantitative estimate of drug-likeness (QED) is 0.365. The molecule has 0 saturated carbocycles. The van der Waals surface area contributed by atoms with Gasteiger partial charge in [0.25, 0.3) is 5.91 Å². The maximum atomic E-state index is 13.6. The van der Waals surface area contributed by atoms with Crippen LogP contribution in [0.1, 0.15) is 40.4 Å². The van der Waals surface area contributed by atoms with Crippen molar-refractivity contribution >= 4 is 37.6 Å². The molecule has 3 N–H and O–H groups in total. The number of hydrogen-bond donors (Lipinski definition) is 2. The molecule has 37 heavy (non-hydrogen) atoms. The third-order valence-corrected chi connectivity index (χ3v) is 7.32. The van der Waals surface area contributed by atoms with Crippen molar-refractivity contribution in [1.29, 1.82) is 0 Å². The largest absolute Gasteiger partial charge is 0.493 e. The van der Waals surface area contributed by atoms with E-state index in [-0.39, 0.29) is 23.0 Å². The first-order valence-corrected chi connectivity index (χ1v) is 13.8. The van der Waals surface area contributed by atoms with Gasteiger partial charge in [-0.25, -0.2) is 18.6 Å². The number of primary sulfonamides is 1. The van der Waals surface area contributed by atoms with Crippen LogP contribution in [0.4, 0.5) is 0 Å². The van der Waals surface area contributed by atoms with Gasteiger partial charge in [-0.3, -0.25) is 4.79 Å². The first-order valence-electron chi connectivity index (χ1n) is 11.4. The van der Waals surface area contributed by atoms with Crippen molar-refractivity contribution < 1.29 is 27.8 Å². The molecule has 0 saturated heterocycles. The Morgan fingerprint density at radius 2 is 1.81 bits per heavy atom. The minimum Gasteiger partial charge on any atom is -0.493 e. The average Bonchev–Trinajstić information content (AvgIpc) is 3.34. The van der Waals surface area contributed by atoms with Gasteiger partial charge < -0.3 is 14.6 Å². The van der Waals surface area contributed by atoms with E-state index in [1.165, 1.54) is 36.4 Å². The Morgan fingerprint density at radius 3 is 2.43 bits per heavy atom. The van der Waals surface area contributed by atoms with Gasteiger partial charge >= 0.3 is 0 Å². The highest BCUT2D eigenvalue weighted by atomic mass is 79.9. The molecule has 1 aliphatic heterocycles. The number of carbonyl (C=O) groups is 1. The SMILES string of the molecule is COc1cc(C2CC(c3ccc(Br)cc3)=NN2C(=O)c2ccc(S(N)(=O)=O)cc2)ccc1OCCCO. The molecule has 1 aliphatic rings. The Bertz CT molecular complexity index is 1410. The number of hydrogen-bond acceptors (Lipinski definition) is 7. The summed E-state index contributed by atoms with van der Waals surface area (Å²) in [6.45, 7) is 0.361. The molecule has 1 atom stereocenters. The van der Waals surface area contributed by atoms with Crippen LogP contribution in [0.3, 0.4) is 0 Å². The monoisotopic (exact) mass is 587 g/mol. The second-order valence-electron chi connectivity index (χ2n) is 8.33. The highest BCUT2D eigenvalue weighted by molar-refractivity contribution is 9.10. The number of rotatable bonds is 9. The number of halogens is 1. The third kappa shape index (κ3) is 6.19. The van der Waals surface area contributed by atoms with Crippen LogP contribution in [0, 0.1) is 0 Å². The number of nitrogens with zero attached hydrogens (tertiary/aromatic N) is 2. The highest BCUT2D eigenvalue weighted by Gasteiger charge is 2.34. The topological polar surface area (TPSA) is 132 Å². The summed E-state index contributed by atoms with van der Waals surface area (Å²) < 4.78 is 35.4. The van der Waals surface area contributed by atoms with Crippen LogP contribution in [0.25, 0.3) is 0 Å². The van der Waals surface area contributed by atoms with Gasteiger partial charge in [0.2, 0.25) is 10.0 Å². The lowest BCUT2D eigenvalue weighted by atomic mass is 9.97. The van der Waals surface area contributed by atoms with Gasteiger partial charge in [0.1, 0.15) is 0 Å². The molecule has 0 spiro atoms. The van der Waals surface area contributed by atoms with Gasteiger partial charge in [0.05, 0.1) is 30.4 Å². The summed E-state index contributed by atoms with van der Waals surface area (Å²) in [6, 6.07) is 18.1. The highest BCUT2D eigenvalue weighted by Crippen LogP contribution is 2.38. The standard InChI is InChI=1S/C26H26BrN3O6S/c1-35-25-15-19(7-12-24(25)36-14-2-13-31)23-16-22(17-3-8-20(27)9-4-17)29-30(23)26(32)18-5-10-21(11-6-18)37(28,33)34/h3-12,15,23,31H,2,13-14,16H2,1H3,(H2,28,33,34). The number of sulfonamides is 1. The van der Waals surface area contributed by atoms with E-state index in [0.29, 0.717) is 30.9 Å². The van der Waals surface area contributed by atoms with Gasteiger partial charge in [-0.1, -0.05) is 34.1 Å². The van der Waals surface area contributed by atoms with E-state index in [0.717, 1.165) is 21.3 Å². The third-order valence-electron chi connectivity index (χ3n) is 5.86. The summed E-state index contributed by atoms with van der Waals surface area (Å²) in [4.78, 5) is 13.5. The Morgan fingerprint density at radius 1 is 1.11 bits per heavy atom. The fraction of sp³-hybridized carbons (Fsp3) is 0.231. The lowest BCUT2D eigenvalue weighted by Gasteiger charge is -2.23. The normalized spacial score (nSPS) is 15.4. The van der Waals surface area contributed by atoms with Crippen LogP contribution in [0.5, 0.6) is 11.5 Å². The van der Waals surface area contributed by atoms with Crippen molar-refractivity contribution in [1.82, 2.24) is 5.01 Å². The zero-order chi connectivity index (χ0) is 26.6. The molecule has 0 fully saturated rings. The van der Waals surface area contributed by atoms with E-state index < -0.39 is 16.1 Å². The van der Waals surface area contributed by atoms with Crippen molar-refractivity contribution in [3.05, 3.63) is 87.9 Å². The summed E-state index contributed by atoms with van der Waals surface area (Å²) in [5.74, 6) is 0.640. The fourth-order valence-electron chi connectivity index (χ4n) is 3.95. The van der Waals surface area contributed by atoms with Gasteiger partial charge in [0.15, 0.2) is 11.5 Å². The predicted octanol–water partition coefficient (Wildman–Crippen LogP) is 3.86. The summed E-state index contributed by atoms with van der Waals surface area (Å²) in [7, 11) is -2.35. The summed E-state index contributed by atoms with van der Waals surface area (Å²) in [5, 5.41) is 20.3.